The van der Waals surface area contributed by atoms with Crippen molar-refractivity contribution in [2.75, 3.05) is 26.8 Å². The molecule has 3 nitrogen and oxygen atoms in total. The molecule has 0 amide bonds. The summed E-state index contributed by atoms with van der Waals surface area (Å²) in [4.78, 5) is 2.30. The molecule has 1 aromatic carbocycles. The van der Waals surface area contributed by atoms with E-state index in [0.29, 0.717) is 6.54 Å². The van der Waals surface area contributed by atoms with Gasteiger partial charge in [0.2, 0.25) is 0 Å². The molecule has 0 heterocycles. The molecule has 0 aromatic heterocycles. The third-order valence-corrected chi connectivity index (χ3v) is 3.52. The lowest BCUT2D eigenvalue weighted by molar-refractivity contribution is 0.0942. The van der Waals surface area contributed by atoms with E-state index in [1.807, 2.05) is 6.08 Å². The van der Waals surface area contributed by atoms with Crippen LogP contribution in [0.5, 0.6) is 0 Å². The number of aryl methyl sites for hydroxylation is 1. The molecule has 1 N–H and O–H groups in total. The van der Waals surface area contributed by atoms with Crippen LogP contribution in [-0.2, 0) is 11.3 Å². The fraction of sp³-hybridized carbons (Fsp3) is 0.556. The molecule has 0 unspecified atom stereocenters. The first-order chi connectivity index (χ1) is 10.2. The third kappa shape index (κ3) is 8.00. The van der Waals surface area contributed by atoms with E-state index in [4.69, 9.17) is 4.74 Å². The summed E-state index contributed by atoms with van der Waals surface area (Å²) in [6.45, 7) is 9.07. The maximum absolute atomic E-state index is 10.1. The fourth-order valence-corrected chi connectivity index (χ4v) is 2.32. The first-order valence-corrected chi connectivity index (χ1v) is 7.71. The molecule has 3 heteroatoms. The molecule has 118 valence electrons. The molecule has 0 radical (unpaired) electrons. The number of methoxy groups -OCH3 is 1. The lowest BCUT2D eigenvalue weighted by Crippen LogP contribution is -2.33. The van der Waals surface area contributed by atoms with Gasteiger partial charge in [-0.25, -0.2) is 0 Å². The van der Waals surface area contributed by atoms with Crippen LogP contribution in [0.3, 0.4) is 0 Å². The molecule has 0 saturated heterocycles. The van der Waals surface area contributed by atoms with Crippen molar-refractivity contribution >= 4 is 0 Å². The molecule has 21 heavy (non-hydrogen) atoms. The first-order valence-electron chi connectivity index (χ1n) is 7.71. The van der Waals surface area contributed by atoms with Crippen molar-refractivity contribution in [3.8, 4) is 0 Å². The van der Waals surface area contributed by atoms with Gasteiger partial charge in [0.05, 0.1) is 6.10 Å². The summed E-state index contributed by atoms with van der Waals surface area (Å²) < 4.78 is 5.13. The monoisotopic (exact) mass is 291 g/mol. The lowest BCUT2D eigenvalue weighted by atomic mass is 10.1. The molecule has 0 spiro atoms. The second kappa shape index (κ2) is 10.6. The summed E-state index contributed by atoms with van der Waals surface area (Å²) >= 11 is 0. The van der Waals surface area contributed by atoms with Crippen LogP contribution in [0.15, 0.2) is 36.9 Å². The average Bonchev–Trinajstić information content (AvgIpc) is 2.47. The Hall–Kier alpha value is -1.16. The van der Waals surface area contributed by atoms with Crippen LogP contribution < -0.4 is 0 Å². The predicted octanol–water partition coefficient (Wildman–Crippen LogP) is 3.16. The van der Waals surface area contributed by atoms with Gasteiger partial charge in [-0.3, -0.25) is 4.90 Å². The van der Waals surface area contributed by atoms with E-state index in [1.165, 1.54) is 11.1 Å². The van der Waals surface area contributed by atoms with Crippen LogP contribution in [0.25, 0.3) is 0 Å². The fourth-order valence-electron chi connectivity index (χ4n) is 2.32. The number of ether oxygens (including phenoxy) is 1. The SMILES string of the molecule is C=CCC[C@H](O)CN(CCCOC)Cc1ccc(C)cc1. The van der Waals surface area contributed by atoms with Crippen molar-refractivity contribution in [3.05, 3.63) is 48.0 Å². The highest BCUT2D eigenvalue weighted by Crippen LogP contribution is 2.10. The molecule has 0 aliphatic carbocycles. The first kappa shape index (κ1) is 17.9. The molecule has 1 aromatic rings. The van der Waals surface area contributed by atoms with Gasteiger partial charge in [0.1, 0.15) is 0 Å². The van der Waals surface area contributed by atoms with Crippen molar-refractivity contribution < 1.29 is 9.84 Å². The van der Waals surface area contributed by atoms with Gasteiger partial charge in [-0.05, 0) is 31.7 Å². The van der Waals surface area contributed by atoms with E-state index in [9.17, 15) is 5.11 Å². The van der Waals surface area contributed by atoms with Gasteiger partial charge in [0, 0.05) is 33.4 Å². The van der Waals surface area contributed by atoms with Crippen LogP contribution in [-0.4, -0.2) is 42.9 Å². The molecule has 1 atom stereocenters. The Morgan fingerprint density at radius 1 is 1.33 bits per heavy atom. The molecule has 0 saturated carbocycles. The van der Waals surface area contributed by atoms with Crippen LogP contribution in [0.2, 0.25) is 0 Å². The van der Waals surface area contributed by atoms with E-state index < -0.39 is 0 Å². The Morgan fingerprint density at radius 2 is 2.05 bits per heavy atom. The number of aliphatic hydroxyl groups excluding tert-OH is 1. The summed E-state index contributed by atoms with van der Waals surface area (Å²) in [6, 6.07) is 8.59. The summed E-state index contributed by atoms with van der Waals surface area (Å²) in [5, 5.41) is 10.1. The van der Waals surface area contributed by atoms with E-state index in [1.54, 1.807) is 7.11 Å². The average molecular weight is 291 g/mol. The number of hydrogen-bond donors (Lipinski definition) is 1. The maximum Gasteiger partial charge on any atom is 0.0670 e. The highest BCUT2D eigenvalue weighted by atomic mass is 16.5. The summed E-state index contributed by atoms with van der Waals surface area (Å²) in [5.74, 6) is 0. The maximum atomic E-state index is 10.1. The van der Waals surface area contributed by atoms with Crippen LogP contribution >= 0.6 is 0 Å². The zero-order chi connectivity index (χ0) is 15.5. The van der Waals surface area contributed by atoms with Gasteiger partial charge < -0.3 is 9.84 Å². The van der Waals surface area contributed by atoms with Gasteiger partial charge in [0.15, 0.2) is 0 Å². The van der Waals surface area contributed by atoms with E-state index in [-0.39, 0.29) is 6.10 Å². The minimum Gasteiger partial charge on any atom is -0.392 e. The quantitative estimate of drug-likeness (QED) is 0.502. The molecule has 0 aliphatic rings. The normalized spacial score (nSPS) is 12.6. The Balaban J connectivity index is 2.53. The number of rotatable bonds is 11. The van der Waals surface area contributed by atoms with Gasteiger partial charge in [0.25, 0.3) is 0 Å². The second-order valence-corrected chi connectivity index (χ2v) is 5.59. The smallest absolute Gasteiger partial charge is 0.0670 e. The predicted molar refractivity (Wildman–Crippen MR) is 88.4 cm³/mol. The van der Waals surface area contributed by atoms with Crippen LogP contribution in [0.4, 0.5) is 0 Å². The van der Waals surface area contributed by atoms with Crippen molar-refractivity contribution in [3.63, 3.8) is 0 Å². The molecular weight excluding hydrogens is 262 g/mol. The molecular formula is C18H29NO2. The summed E-state index contributed by atoms with van der Waals surface area (Å²) in [7, 11) is 1.73. The highest BCUT2D eigenvalue weighted by molar-refractivity contribution is 5.21. The number of nitrogens with zero attached hydrogens (tertiary/aromatic N) is 1. The van der Waals surface area contributed by atoms with Crippen molar-refractivity contribution in [2.24, 2.45) is 0 Å². The van der Waals surface area contributed by atoms with Crippen LogP contribution in [0.1, 0.15) is 30.4 Å². The molecule has 0 fully saturated rings. The standard InChI is InChI=1S/C18H29NO2/c1-4-5-7-18(20)15-19(12-6-13-21-3)14-17-10-8-16(2)9-11-17/h4,8-11,18,20H,1,5-7,12-15H2,2-3H3/t18-/m0/s1. The summed E-state index contributed by atoms with van der Waals surface area (Å²) in [5.41, 5.74) is 2.56. The minimum atomic E-state index is -0.295. The topological polar surface area (TPSA) is 32.7 Å². The third-order valence-electron chi connectivity index (χ3n) is 3.52. The number of allylic oxidation sites excluding steroid dienone is 1. The van der Waals surface area contributed by atoms with Gasteiger partial charge in [-0.15, -0.1) is 6.58 Å². The molecule has 1 rings (SSSR count). The van der Waals surface area contributed by atoms with Crippen molar-refractivity contribution in [2.45, 2.75) is 38.8 Å². The zero-order valence-corrected chi connectivity index (χ0v) is 13.4. The largest absolute Gasteiger partial charge is 0.392 e. The number of aliphatic hydroxyl groups is 1. The second-order valence-electron chi connectivity index (χ2n) is 5.59. The summed E-state index contributed by atoms with van der Waals surface area (Å²) in [6.07, 6.45) is 4.18. The van der Waals surface area contributed by atoms with E-state index in [2.05, 4.69) is 42.7 Å². The van der Waals surface area contributed by atoms with Crippen molar-refractivity contribution in [1.29, 1.82) is 0 Å². The van der Waals surface area contributed by atoms with E-state index in [0.717, 1.165) is 39.0 Å². The number of benzene rings is 1. The Morgan fingerprint density at radius 3 is 2.67 bits per heavy atom. The van der Waals surface area contributed by atoms with Crippen molar-refractivity contribution in [1.82, 2.24) is 4.90 Å². The lowest BCUT2D eigenvalue weighted by Gasteiger charge is -2.25. The van der Waals surface area contributed by atoms with Gasteiger partial charge >= 0.3 is 0 Å². The molecule has 0 bridgehead atoms. The van der Waals surface area contributed by atoms with Crippen LogP contribution in [0, 0.1) is 6.92 Å². The Kier molecular flexibility index (Phi) is 8.99. The van der Waals surface area contributed by atoms with E-state index >= 15 is 0 Å². The highest BCUT2D eigenvalue weighted by Gasteiger charge is 2.11. The Labute approximate surface area is 129 Å². The minimum absolute atomic E-state index is 0.295. The molecule has 0 aliphatic heterocycles. The zero-order valence-electron chi connectivity index (χ0n) is 13.4. The Bertz CT molecular complexity index is 389. The van der Waals surface area contributed by atoms with Gasteiger partial charge in [-0.2, -0.15) is 0 Å². The van der Waals surface area contributed by atoms with Gasteiger partial charge in [-0.1, -0.05) is 35.9 Å². The number of hydrogen-bond acceptors (Lipinski definition) is 3.